The summed E-state index contributed by atoms with van der Waals surface area (Å²) >= 11 is 0. The maximum atomic E-state index is 14.8. The van der Waals surface area contributed by atoms with Crippen LogP contribution in [0.2, 0.25) is 0 Å². The minimum atomic E-state index is -4.60. The van der Waals surface area contributed by atoms with E-state index in [0.29, 0.717) is 22.4 Å². The third-order valence-electron chi connectivity index (χ3n) is 12.0. The molecular weight excluding hydrogens is 748 g/mol. The second kappa shape index (κ2) is 13.9. The summed E-state index contributed by atoms with van der Waals surface area (Å²) in [6.07, 6.45) is -4.60. The van der Waals surface area contributed by atoms with Crippen molar-refractivity contribution in [3.05, 3.63) is 191 Å². The Morgan fingerprint density at radius 3 is 1.45 bits per heavy atom. The Bertz CT molecular complexity index is 3430. The molecule has 0 spiro atoms. The van der Waals surface area contributed by atoms with Gasteiger partial charge in [-0.3, -0.25) is 0 Å². The first-order valence-electron chi connectivity index (χ1n) is 20.0. The molecule has 6 heteroatoms. The maximum absolute atomic E-state index is 14.8. The van der Waals surface area contributed by atoms with Crippen molar-refractivity contribution in [3.8, 4) is 50.8 Å². The number of aryl methyl sites for hydroxylation is 4. The topological polar surface area (TPSA) is 33.6 Å². The summed E-state index contributed by atoms with van der Waals surface area (Å²) in [7, 11) is 0. The molecule has 0 saturated carbocycles. The number of alkyl halides is 3. The van der Waals surface area contributed by atoms with Gasteiger partial charge in [0.05, 0.1) is 50.6 Å². The van der Waals surface area contributed by atoms with Gasteiger partial charge < -0.3 is 9.13 Å². The summed E-state index contributed by atoms with van der Waals surface area (Å²) in [5.41, 5.74) is 14.5. The van der Waals surface area contributed by atoms with E-state index in [4.69, 9.17) is 0 Å². The smallest absolute Gasteiger partial charge is 0.309 e. The summed E-state index contributed by atoms with van der Waals surface area (Å²) < 4.78 is 48.5. The van der Waals surface area contributed by atoms with Gasteiger partial charge in [-0.05, 0) is 128 Å². The highest BCUT2D eigenvalue weighted by Gasteiger charge is 2.32. The fourth-order valence-corrected chi connectivity index (χ4v) is 9.21. The summed E-state index contributed by atoms with van der Waals surface area (Å²) in [4.78, 5) is 0. The summed E-state index contributed by atoms with van der Waals surface area (Å²) in [6.45, 7) is 8.39. The normalized spacial score (nSPS) is 11.9. The quantitative estimate of drug-likeness (QED) is 0.171. The van der Waals surface area contributed by atoms with Crippen LogP contribution in [0.15, 0.2) is 158 Å². The number of hydrogen-bond acceptors (Lipinski definition) is 1. The number of para-hydroxylation sites is 2. The van der Waals surface area contributed by atoms with Crippen molar-refractivity contribution in [1.82, 2.24) is 9.13 Å². The molecule has 0 amide bonds. The van der Waals surface area contributed by atoms with Crippen LogP contribution in [0.1, 0.15) is 33.4 Å². The Kier molecular flexibility index (Phi) is 8.55. The molecule has 60 heavy (non-hydrogen) atoms. The average Bonchev–Trinajstić information content (AvgIpc) is 3.75. The van der Waals surface area contributed by atoms with E-state index >= 15 is 0 Å². The number of nitriles is 1. The first-order valence-corrected chi connectivity index (χ1v) is 20.0. The zero-order valence-corrected chi connectivity index (χ0v) is 33.5. The standard InChI is InChI=1S/C54H38F3N3/c1-32-13-19-40(34(3)25-32)37-16-23-51-46(28-37)42-9-5-7-11-48(42)59(51)50-22-15-36(31-58)27-45(50)44-21-18-39(54(55,56)57)30-53(44)60-49-12-8-6-10-43(49)47-29-38(17-24-52(47)60)41-20-14-33(2)26-35(41)4/h5-30H,1-4H3. The van der Waals surface area contributed by atoms with Crippen molar-refractivity contribution in [3.63, 3.8) is 0 Å². The Balaban J connectivity index is 1.26. The van der Waals surface area contributed by atoms with E-state index in [2.05, 4.69) is 117 Å². The highest BCUT2D eigenvalue weighted by molar-refractivity contribution is 6.13. The van der Waals surface area contributed by atoms with Gasteiger partial charge in [0.2, 0.25) is 0 Å². The molecule has 2 aromatic heterocycles. The van der Waals surface area contributed by atoms with Gasteiger partial charge in [0.15, 0.2) is 0 Å². The molecule has 0 atom stereocenters. The minimum Gasteiger partial charge on any atom is -0.309 e. The Labute approximate surface area is 345 Å². The van der Waals surface area contributed by atoms with Crippen molar-refractivity contribution in [2.45, 2.75) is 33.9 Å². The van der Waals surface area contributed by atoms with E-state index in [1.54, 1.807) is 18.2 Å². The summed E-state index contributed by atoms with van der Waals surface area (Å²) in [5, 5.41) is 14.2. The molecule has 0 aliphatic carbocycles. The van der Waals surface area contributed by atoms with Gasteiger partial charge in [0.25, 0.3) is 0 Å². The fraction of sp³-hybridized carbons (Fsp3) is 0.0926. The predicted octanol–water partition coefficient (Wildman–Crippen LogP) is 15.0. The largest absolute Gasteiger partial charge is 0.416 e. The molecule has 0 fully saturated rings. The van der Waals surface area contributed by atoms with E-state index in [9.17, 15) is 18.4 Å². The molecule has 0 N–H and O–H groups in total. The van der Waals surface area contributed by atoms with E-state index < -0.39 is 11.7 Å². The zero-order chi connectivity index (χ0) is 41.4. The molecule has 0 saturated heterocycles. The SMILES string of the molecule is Cc1ccc(-c2ccc3c(c2)c2ccccc2n3-c2ccc(C#N)cc2-c2ccc(C(F)(F)F)cc2-n2c3ccccc3c3cc(-c4ccc(C)cc4C)ccc32)c(C)c1. The molecule has 2 heterocycles. The highest BCUT2D eigenvalue weighted by Crippen LogP contribution is 2.44. The van der Waals surface area contributed by atoms with E-state index in [-0.39, 0.29) is 0 Å². The predicted molar refractivity (Wildman–Crippen MR) is 240 cm³/mol. The van der Waals surface area contributed by atoms with Crippen LogP contribution in [0.5, 0.6) is 0 Å². The lowest BCUT2D eigenvalue weighted by atomic mass is 9.96. The minimum absolute atomic E-state index is 0.365. The first kappa shape index (κ1) is 36.9. The maximum Gasteiger partial charge on any atom is 0.416 e. The van der Waals surface area contributed by atoms with Crippen molar-refractivity contribution in [2.75, 3.05) is 0 Å². The number of halogens is 3. The van der Waals surface area contributed by atoms with Gasteiger partial charge in [0, 0.05) is 32.7 Å². The van der Waals surface area contributed by atoms with E-state index in [0.717, 1.165) is 83.2 Å². The molecule has 0 bridgehead atoms. The second-order valence-electron chi connectivity index (χ2n) is 15.9. The fourth-order valence-electron chi connectivity index (χ4n) is 9.21. The van der Waals surface area contributed by atoms with Crippen molar-refractivity contribution in [2.24, 2.45) is 0 Å². The lowest BCUT2D eigenvalue weighted by molar-refractivity contribution is -0.137. The zero-order valence-electron chi connectivity index (χ0n) is 33.5. The Hall–Kier alpha value is -7.36. The van der Waals surface area contributed by atoms with Crippen LogP contribution in [0.3, 0.4) is 0 Å². The van der Waals surface area contributed by atoms with Crippen LogP contribution >= 0.6 is 0 Å². The van der Waals surface area contributed by atoms with Gasteiger partial charge in [-0.2, -0.15) is 18.4 Å². The molecule has 290 valence electrons. The monoisotopic (exact) mass is 785 g/mol. The van der Waals surface area contributed by atoms with Crippen LogP contribution in [-0.4, -0.2) is 9.13 Å². The molecule has 0 unspecified atom stereocenters. The van der Waals surface area contributed by atoms with Gasteiger partial charge in [0.1, 0.15) is 0 Å². The van der Waals surface area contributed by atoms with Crippen LogP contribution in [0.4, 0.5) is 13.2 Å². The van der Waals surface area contributed by atoms with Crippen LogP contribution < -0.4 is 0 Å². The lowest BCUT2D eigenvalue weighted by Gasteiger charge is -2.20. The van der Waals surface area contributed by atoms with Crippen LogP contribution in [0.25, 0.3) is 88.4 Å². The third kappa shape index (κ3) is 5.96. The van der Waals surface area contributed by atoms with Gasteiger partial charge >= 0.3 is 6.18 Å². The van der Waals surface area contributed by atoms with Crippen molar-refractivity contribution in [1.29, 1.82) is 5.26 Å². The molecule has 0 radical (unpaired) electrons. The Morgan fingerprint density at radius 1 is 0.433 bits per heavy atom. The molecule has 0 aliphatic heterocycles. The molecule has 10 rings (SSSR count). The summed E-state index contributed by atoms with van der Waals surface area (Å²) in [5.74, 6) is 0. The molecule has 3 nitrogen and oxygen atoms in total. The van der Waals surface area contributed by atoms with Crippen LogP contribution in [-0.2, 0) is 6.18 Å². The molecule has 0 aliphatic rings. The first-order chi connectivity index (χ1) is 29.0. The van der Waals surface area contributed by atoms with Gasteiger partial charge in [-0.25, -0.2) is 0 Å². The third-order valence-corrected chi connectivity index (χ3v) is 12.0. The molecule has 8 aromatic carbocycles. The van der Waals surface area contributed by atoms with Crippen LogP contribution in [0, 0.1) is 39.0 Å². The molecular formula is C54H38F3N3. The number of nitrogens with zero attached hydrogens (tertiary/aromatic N) is 3. The van der Waals surface area contributed by atoms with Gasteiger partial charge in [-0.15, -0.1) is 0 Å². The van der Waals surface area contributed by atoms with Gasteiger partial charge in [-0.1, -0.05) is 102 Å². The average molecular weight is 786 g/mol. The van der Waals surface area contributed by atoms with Crippen molar-refractivity contribution >= 4 is 43.6 Å². The number of rotatable bonds is 5. The summed E-state index contributed by atoms with van der Waals surface area (Å²) in [6, 6.07) is 53.4. The highest BCUT2D eigenvalue weighted by atomic mass is 19.4. The van der Waals surface area contributed by atoms with E-state index in [1.807, 2.05) is 53.1 Å². The number of fused-ring (bicyclic) bond motifs is 6. The second-order valence-corrected chi connectivity index (χ2v) is 15.9. The number of aromatic nitrogens is 2. The lowest BCUT2D eigenvalue weighted by Crippen LogP contribution is -2.08. The number of hydrogen-bond donors (Lipinski definition) is 0. The Morgan fingerprint density at radius 2 is 0.933 bits per heavy atom. The van der Waals surface area contributed by atoms with Crippen molar-refractivity contribution < 1.29 is 13.2 Å². The molecule has 10 aromatic rings. The number of benzene rings is 8. The van der Waals surface area contributed by atoms with E-state index in [1.165, 1.54) is 22.8 Å².